The molecule has 0 radical (unpaired) electrons. The van der Waals surface area contributed by atoms with Crippen LogP contribution in [0.25, 0.3) is 10.6 Å². The number of hydrogen-bond acceptors (Lipinski definition) is 7. The molecule has 0 saturated heterocycles. The summed E-state index contributed by atoms with van der Waals surface area (Å²) in [5, 5.41) is 22.9. The number of benzene rings is 1. The highest BCUT2D eigenvalue weighted by Gasteiger charge is 2.19. The van der Waals surface area contributed by atoms with Crippen LogP contribution in [-0.4, -0.2) is 35.4 Å². The monoisotopic (exact) mass is 312 g/mol. The molecule has 2 aromatic rings. The number of halogens is 1. The Hall–Kier alpha value is -1.97. The average molecular weight is 312 g/mol. The molecule has 0 unspecified atom stereocenters. The Morgan fingerprint density at radius 2 is 2.29 bits per heavy atom. The van der Waals surface area contributed by atoms with Crippen molar-refractivity contribution in [3.63, 3.8) is 0 Å². The summed E-state index contributed by atoms with van der Waals surface area (Å²) in [6.45, 7) is 1.71. The minimum absolute atomic E-state index is 0.139. The lowest BCUT2D eigenvalue weighted by Crippen LogP contribution is -2.18. The van der Waals surface area contributed by atoms with Crippen LogP contribution in [0.2, 0.25) is 0 Å². The third-order valence-corrected chi connectivity index (χ3v) is 3.57. The van der Waals surface area contributed by atoms with E-state index in [-0.39, 0.29) is 11.3 Å². The lowest BCUT2D eigenvalue weighted by molar-refractivity contribution is -0.384. The molecule has 9 heteroatoms. The first-order valence-corrected chi connectivity index (χ1v) is 6.90. The maximum Gasteiger partial charge on any atom is 0.279 e. The van der Waals surface area contributed by atoms with Crippen molar-refractivity contribution in [3.8, 4) is 10.6 Å². The number of rotatable bonds is 7. The molecule has 0 bridgehead atoms. The van der Waals surface area contributed by atoms with Gasteiger partial charge in [-0.3, -0.25) is 10.1 Å². The van der Waals surface area contributed by atoms with E-state index < -0.39 is 10.7 Å². The molecule has 0 fully saturated rings. The topological polar surface area (TPSA) is 90.2 Å². The van der Waals surface area contributed by atoms with Gasteiger partial charge in [-0.15, -0.1) is 10.2 Å². The molecule has 0 aliphatic carbocycles. The molecule has 112 valence electrons. The number of nitrogens with one attached hydrogen (secondary N) is 1. The Morgan fingerprint density at radius 3 is 3.00 bits per heavy atom. The number of nitrogens with zero attached hydrogens (tertiary/aromatic N) is 3. The standard InChI is InChI=1S/C12H13FN4O3S/c1-20-5-4-14-7-11-15-16-12(21-11)9-6-8(13)2-3-10(9)17(18)19/h2-3,6,14H,4-5,7H2,1H3. The van der Waals surface area contributed by atoms with Crippen LogP contribution < -0.4 is 5.32 Å². The van der Waals surface area contributed by atoms with Gasteiger partial charge in [0, 0.05) is 26.3 Å². The number of nitro benzene ring substituents is 1. The highest BCUT2D eigenvalue weighted by Crippen LogP contribution is 2.32. The summed E-state index contributed by atoms with van der Waals surface area (Å²) in [6, 6.07) is 3.28. The van der Waals surface area contributed by atoms with Crippen molar-refractivity contribution in [3.05, 3.63) is 39.1 Å². The van der Waals surface area contributed by atoms with Crippen LogP contribution in [0.15, 0.2) is 18.2 Å². The second-order valence-corrected chi connectivity index (χ2v) is 5.15. The smallest absolute Gasteiger partial charge is 0.279 e. The van der Waals surface area contributed by atoms with Crippen LogP contribution in [0.1, 0.15) is 5.01 Å². The Labute approximate surface area is 123 Å². The fourth-order valence-electron chi connectivity index (χ4n) is 1.64. The number of nitro groups is 1. The van der Waals surface area contributed by atoms with Gasteiger partial charge in [-0.25, -0.2) is 4.39 Å². The number of aromatic nitrogens is 2. The summed E-state index contributed by atoms with van der Waals surface area (Å²) in [7, 11) is 1.60. The predicted octanol–water partition coefficient (Wildman–Crippen LogP) is 1.99. The molecule has 1 N–H and O–H groups in total. The molecule has 1 aromatic carbocycles. The summed E-state index contributed by atoms with van der Waals surface area (Å²) >= 11 is 1.19. The fraction of sp³-hybridized carbons (Fsp3) is 0.333. The molecule has 0 aliphatic rings. The minimum atomic E-state index is -0.563. The largest absolute Gasteiger partial charge is 0.383 e. The van der Waals surface area contributed by atoms with Crippen molar-refractivity contribution in [2.45, 2.75) is 6.54 Å². The van der Waals surface area contributed by atoms with E-state index in [9.17, 15) is 14.5 Å². The first-order chi connectivity index (χ1) is 10.1. The van der Waals surface area contributed by atoms with E-state index in [2.05, 4.69) is 15.5 Å². The molecule has 0 spiro atoms. The maximum absolute atomic E-state index is 13.3. The third kappa shape index (κ3) is 4.00. The van der Waals surface area contributed by atoms with Gasteiger partial charge in [0.05, 0.1) is 17.1 Å². The van der Waals surface area contributed by atoms with E-state index >= 15 is 0 Å². The van der Waals surface area contributed by atoms with Crippen LogP contribution in [0.4, 0.5) is 10.1 Å². The van der Waals surface area contributed by atoms with E-state index in [1.54, 1.807) is 7.11 Å². The van der Waals surface area contributed by atoms with Gasteiger partial charge < -0.3 is 10.1 Å². The first kappa shape index (κ1) is 15.4. The normalized spacial score (nSPS) is 10.8. The molecule has 0 saturated carbocycles. The average Bonchev–Trinajstić information content (AvgIpc) is 2.92. The summed E-state index contributed by atoms with van der Waals surface area (Å²) in [4.78, 5) is 10.4. The quantitative estimate of drug-likeness (QED) is 0.478. The highest BCUT2D eigenvalue weighted by atomic mass is 32.1. The van der Waals surface area contributed by atoms with Crippen molar-refractivity contribution in [1.82, 2.24) is 15.5 Å². The van der Waals surface area contributed by atoms with Crippen molar-refractivity contribution in [2.24, 2.45) is 0 Å². The second kappa shape index (κ2) is 7.16. The summed E-state index contributed by atoms with van der Waals surface area (Å²) in [5.41, 5.74) is -0.0490. The van der Waals surface area contributed by atoms with Gasteiger partial charge in [-0.05, 0) is 12.1 Å². The van der Waals surface area contributed by atoms with Crippen LogP contribution in [0, 0.1) is 15.9 Å². The molecular weight excluding hydrogens is 299 g/mol. The van der Waals surface area contributed by atoms with Gasteiger partial charge in [0.25, 0.3) is 5.69 Å². The Kier molecular flexibility index (Phi) is 5.26. The first-order valence-electron chi connectivity index (χ1n) is 6.08. The molecule has 1 heterocycles. The van der Waals surface area contributed by atoms with Crippen molar-refractivity contribution < 1.29 is 14.1 Å². The van der Waals surface area contributed by atoms with Gasteiger partial charge in [0.1, 0.15) is 10.8 Å². The van der Waals surface area contributed by atoms with Crippen molar-refractivity contribution >= 4 is 17.0 Å². The van der Waals surface area contributed by atoms with Gasteiger partial charge in [0.2, 0.25) is 0 Å². The summed E-state index contributed by atoms with van der Waals surface area (Å²) in [5.74, 6) is -0.550. The summed E-state index contributed by atoms with van der Waals surface area (Å²) in [6.07, 6.45) is 0. The van der Waals surface area contributed by atoms with E-state index in [0.29, 0.717) is 29.7 Å². The molecular formula is C12H13FN4O3S. The highest BCUT2D eigenvalue weighted by molar-refractivity contribution is 7.14. The zero-order chi connectivity index (χ0) is 15.2. The van der Waals surface area contributed by atoms with Gasteiger partial charge in [-0.2, -0.15) is 0 Å². The maximum atomic E-state index is 13.3. The molecule has 0 amide bonds. The Bertz CT molecular complexity index is 635. The zero-order valence-corrected chi connectivity index (χ0v) is 12.0. The molecule has 7 nitrogen and oxygen atoms in total. The van der Waals surface area contributed by atoms with Crippen LogP contribution in [-0.2, 0) is 11.3 Å². The van der Waals surface area contributed by atoms with Crippen molar-refractivity contribution in [2.75, 3.05) is 20.3 Å². The molecule has 0 atom stereocenters. The van der Waals surface area contributed by atoms with Crippen LogP contribution in [0.3, 0.4) is 0 Å². The molecule has 1 aromatic heterocycles. The van der Waals surface area contributed by atoms with Gasteiger partial charge in [0.15, 0.2) is 5.01 Å². The minimum Gasteiger partial charge on any atom is -0.383 e. The lowest BCUT2D eigenvalue weighted by atomic mass is 10.2. The number of ether oxygens (including phenoxy) is 1. The van der Waals surface area contributed by atoms with Crippen LogP contribution in [0.5, 0.6) is 0 Å². The molecule has 21 heavy (non-hydrogen) atoms. The Balaban J connectivity index is 2.17. The fourth-order valence-corrected chi connectivity index (χ4v) is 2.48. The third-order valence-electron chi connectivity index (χ3n) is 2.61. The second-order valence-electron chi connectivity index (χ2n) is 4.09. The van der Waals surface area contributed by atoms with E-state index in [1.807, 2.05) is 0 Å². The number of methoxy groups -OCH3 is 1. The van der Waals surface area contributed by atoms with Gasteiger partial charge >= 0.3 is 0 Å². The number of hydrogen-bond donors (Lipinski definition) is 1. The predicted molar refractivity (Wildman–Crippen MR) is 75.5 cm³/mol. The van der Waals surface area contributed by atoms with Gasteiger partial charge in [-0.1, -0.05) is 11.3 Å². The van der Waals surface area contributed by atoms with E-state index in [0.717, 1.165) is 18.2 Å². The van der Waals surface area contributed by atoms with Crippen LogP contribution >= 0.6 is 11.3 Å². The molecule has 2 rings (SSSR count). The van der Waals surface area contributed by atoms with E-state index in [4.69, 9.17) is 4.74 Å². The molecule has 0 aliphatic heterocycles. The lowest BCUT2D eigenvalue weighted by Gasteiger charge is -2.00. The van der Waals surface area contributed by atoms with Crippen molar-refractivity contribution in [1.29, 1.82) is 0 Å². The zero-order valence-electron chi connectivity index (χ0n) is 11.2. The Morgan fingerprint density at radius 1 is 1.48 bits per heavy atom. The summed E-state index contributed by atoms with van der Waals surface area (Å²) < 4.78 is 18.2. The van der Waals surface area contributed by atoms with E-state index in [1.165, 1.54) is 11.3 Å². The SMILES string of the molecule is COCCNCc1nnc(-c2cc(F)ccc2[N+](=O)[O-])s1.